The van der Waals surface area contributed by atoms with E-state index in [0.29, 0.717) is 6.42 Å². The van der Waals surface area contributed by atoms with E-state index in [1.807, 2.05) is 0 Å². The number of alkyl halides is 1. The van der Waals surface area contributed by atoms with E-state index in [4.69, 9.17) is 0 Å². The molecule has 0 spiro atoms. The lowest BCUT2D eigenvalue weighted by molar-refractivity contribution is -0.120. The number of amides is 1. The molecule has 13 heavy (non-hydrogen) atoms. The van der Waals surface area contributed by atoms with Gasteiger partial charge in [-0.05, 0) is 13.1 Å². The molecule has 4 heteroatoms. The smallest absolute Gasteiger partial charge is 0.220 e. The van der Waals surface area contributed by atoms with Gasteiger partial charge in [0.05, 0.1) is 0 Å². The highest BCUT2D eigenvalue weighted by molar-refractivity contribution is 9.09. The van der Waals surface area contributed by atoms with Crippen molar-refractivity contribution in [3.8, 4) is 0 Å². The van der Waals surface area contributed by atoms with Crippen LogP contribution < -0.4 is 5.32 Å². The lowest BCUT2D eigenvalue weighted by Gasteiger charge is -2.17. The van der Waals surface area contributed by atoms with E-state index >= 15 is 0 Å². The van der Waals surface area contributed by atoms with Gasteiger partial charge < -0.3 is 10.2 Å². The topological polar surface area (TPSA) is 32.3 Å². The maximum absolute atomic E-state index is 11.0. The summed E-state index contributed by atoms with van der Waals surface area (Å²) in [5, 5.41) is 3.61. The summed E-state index contributed by atoms with van der Waals surface area (Å²) in [6.07, 6.45) is 0.568. The van der Waals surface area contributed by atoms with Crippen molar-refractivity contribution in [1.29, 1.82) is 0 Å². The Morgan fingerprint density at radius 3 is 2.46 bits per heavy atom. The maximum Gasteiger partial charge on any atom is 0.220 e. The van der Waals surface area contributed by atoms with Gasteiger partial charge in [-0.3, -0.25) is 4.79 Å². The highest BCUT2D eigenvalue weighted by Crippen LogP contribution is 1.88. The molecular formula is C9H19BrN2O. The molecule has 0 fully saturated rings. The van der Waals surface area contributed by atoms with E-state index in [0.717, 1.165) is 31.5 Å². The minimum atomic E-state index is 0.129. The van der Waals surface area contributed by atoms with E-state index in [2.05, 4.69) is 40.0 Å². The fourth-order valence-electron chi connectivity index (χ4n) is 1.07. The van der Waals surface area contributed by atoms with Crippen molar-refractivity contribution in [2.24, 2.45) is 0 Å². The Hall–Kier alpha value is -0.0900. The van der Waals surface area contributed by atoms with Crippen LogP contribution in [0.1, 0.15) is 20.3 Å². The molecule has 78 valence electrons. The van der Waals surface area contributed by atoms with Crippen LogP contribution in [-0.4, -0.2) is 42.3 Å². The quantitative estimate of drug-likeness (QED) is 0.690. The van der Waals surface area contributed by atoms with Gasteiger partial charge in [0.2, 0.25) is 5.91 Å². The number of hydrogen-bond acceptors (Lipinski definition) is 2. The first-order chi connectivity index (χ1) is 6.24. The van der Waals surface area contributed by atoms with Gasteiger partial charge in [-0.1, -0.05) is 29.8 Å². The van der Waals surface area contributed by atoms with Crippen molar-refractivity contribution in [3.05, 3.63) is 0 Å². The second-order valence-electron chi connectivity index (χ2n) is 2.82. The zero-order valence-electron chi connectivity index (χ0n) is 8.48. The number of nitrogens with one attached hydrogen (secondary N) is 1. The lowest BCUT2D eigenvalue weighted by atomic mass is 10.4. The number of carbonyl (C=O) groups is 1. The SMILES string of the molecule is CCN(CC)CCNC(=O)CCBr. The molecule has 0 heterocycles. The van der Waals surface area contributed by atoms with Crippen molar-refractivity contribution in [3.63, 3.8) is 0 Å². The molecule has 0 aliphatic heterocycles. The molecular weight excluding hydrogens is 232 g/mol. The molecule has 0 rings (SSSR count). The van der Waals surface area contributed by atoms with Crippen LogP contribution >= 0.6 is 15.9 Å². The Balaban J connectivity index is 3.37. The Morgan fingerprint density at radius 1 is 1.38 bits per heavy atom. The average molecular weight is 251 g/mol. The first-order valence-corrected chi connectivity index (χ1v) is 5.91. The number of rotatable bonds is 7. The summed E-state index contributed by atoms with van der Waals surface area (Å²) >= 11 is 3.23. The Labute approximate surface area is 89.0 Å². The number of carbonyl (C=O) groups excluding carboxylic acids is 1. The van der Waals surface area contributed by atoms with Crippen molar-refractivity contribution < 1.29 is 4.79 Å². The second-order valence-corrected chi connectivity index (χ2v) is 3.61. The van der Waals surface area contributed by atoms with E-state index in [1.165, 1.54) is 0 Å². The first-order valence-electron chi connectivity index (χ1n) is 4.79. The van der Waals surface area contributed by atoms with E-state index in [9.17, 15) is 4.79 Å². The van der Waals surface area contributed by atoms with Gasteiger partial charge in [-0.25, -0.2) is 0 Å². The third kappa shape index (κ3) is 7.02. The fraction of sp³-hybridized carbons (Fsp3) is 0.889. The zero-order valence-corrected chi connectivity index (χ0v) is 10.1. The Morgan fingerprint density at radius 2 is 2.00 bits per heavy atom. The molecule has 0 aliphatic rings. The summed E-state index contributed by atoms with van der Waals surface area (Å²) in [6.45, 7) is 8.05. The molecule has 0 unspecified atom stereocenters. The van der Waals surface area contributed by atoms with Crippen molar-refractivity contribution in [2.75, 3.05) is 31.5 Å². The molecule has 0 saturated heterocycles. The molecule has 0 aromatic carbocycles. The highest BCUT2D eigenvalue weighted by Gasteiger charge is 2.01. The standard InChI is InChI=1S/C9H19BrN2O/c1-3-12(4-2)8-7-11-9(13)5-6-10/h3-8H2,1-2H3,(H,11,13). The number of hydrogen-bond donors (Lipinski definition) is 1. The van der Waals surface area contributed by atoms with Gasteiger partial charge in [0, 0.05) is 24.8 Å². The summed E-state index contributed by atoms with van der Waals surface area (Å²) in [5.41, 5.74) is 0. The number of likely N-dealkylation sites (N-methyl/N-ethyl adjacent to an activating group) is 1. The monoisotopic (exact) mass is 250 g/mol. The molecule has 0 saturated carbocycles. The van der Waals surface area contributed by atoms with E-state index in [-0.39, 0.29) is 5.91 Å². The summed E-state index contributed by atoms with van der Waals surface area (Å²) in [7, 11) is 0. The Kier molecular flexibility index (Phi) is 8.45. The van der Waals surface area contributed by atoms with Crippen LogP contribution in [0.3, 0.4) is 0 Å². The summed E-state index contributed by atoms with van der Waals surface area (Å²) in [6, 6.07) is 0. The van der Waals surface area contributed by atoms with Crippen LogP contribution in [0.15, 0.2) is 0 Å². The van der Waals surface area contributed by atoms with E-state index < -0.39 is 0 Å². The van der Waals surface area contributed by atoms with Crippen LogP contribution in [0.5, 0.6) is 0 Å². The first kappa shape index (κ1) is 12.9. The largest absolute Gasteiger partial charge is 0.355 e. The molecule has 0 radical (unpaired) electrons. The van der Waals surface area contributed by atoms with E-state index in [1.54, 1.807) is 0 Å². The fourth-order valence-corrected chi connectivity index (χ4v) is 1.43. The molecule has 0 bridgehead atoms. The highest BCUT2D eigenvalue weighted by atomic mass is 79.9. The maximum atomic E-state index is 11.0. The van der Waals surface area contributed by atoms with Gasteiger partial charge in [-0.15, -0.1) is 0 Å². The van der Waals surface area contributed by atoms with Crippen molar-refractivity contribution in [1.82, 2.24) is 10.2 Å². The van der Waals surface area contributed by atoms with Gasteiger partial charge >= 0.3 is 0 Å². The molecule has 0 aromatic rings. The summed E-state index contributed by atoms with van der Waals surface area (Å²) < 4.78 is 0. The van der Waals surface area contributed by atoms with Crippen LogP contribution in [0, 0.1) is 0 Å². The lowest BCUT2D eigenvalue weighted by Crippen LogP contribution is -2.34. The van der Waals surface area contributed by atoms with Gasteiger partial charge in [0.25, 0.3) is 0 Å². The molecule has 0 aromatic heterocycles. The predicted octanol–water partition coefficient (Wildman–Crippen LogP) is 1.23. The molecule has 1 N–H and O–H groups in total. The van der Waals surface area contributed by atoms with Crippen molar-refractivity contribution in [2.45, 2.75) is 20.3 Å². The minimum absolute atomic E-state index is 0.129. The number of nitrogens with zero attached hydrogens (tertiary/aromatic N) is 1. The second kappa shape index (κ2) is 8.51. The predicted molar refractivity (Wildman–Crippen MR) is 59.2 cm³/mol. The number of halogens is 1. The summed E-state index contributed by atoms with van der Waals surface area (Å²) in [5.74, 6) is 0.129. The zero-order chi connectivity index (χ0) is 10.1. The van der Waals surface area contributed by atoms with Gasteiger partial charge in [0.15, 0.2) is 0 Å². The molecule has 3 nitrogen and oxygen atoms in total. The van der Waals surface area contributed by atoms with Gasteiger partial charge in [0.1, 0.15) is 0 Å². The Bertz CT molecular complexity index is 138. The average Bonchev–Trinajstić information content (AvgIpc) is 2.13. The molecule has 0 atom stereocenters. The van der Waals surface area contributed by atoms with Crippen LogP contribution in [0.25, 0.3) is 0 Å². The third-order valence-electron chi connectivity index (χ3n) is 1.97. The molecule has 0 aliphatic carbocycles. The van der Waals surface area contributed by atoms with Crippen LogP contribution in [-0.2, 0) is 4.79 Å². The normalized spacial score (nSPS) is 10.5. The van der Waals surface area contributed by atoms with Crippen LogP contribution in [0.2, 0.25) is 0 Å². The molecule has 1 amide bonds. The minimum Gasteiger partial charge on any atom is -0.355 e. The summed E-state index contributed by atoms with van der Waals surface area (Å²) in [4.78, 5) is 13.3. The van der Waals surface area contributed by atoms with Crippen LogP contribution in [0.4, 0.5) is 0 Å². The van der Waals surface area contributed by atoms with Gasteiger partial charge in [-0.2, -0.15) is 0 Å². The third-order valence-corrected chi connectivity index (χ3v) is 2.36. The van der Waals surface area contributed by atoms with Crippen molar-refractivity contribution >= 4 is 21.8 Å².